The first-order chi connectivity index (χ1) is 8.15. The van der Waals surface area contributed by atoms with E-state index < -0.39 is 10.7 Å². The number of hydrazine groups is 1. The largest absolute Gasteiger partial charge is 0.311 e. The van der Waals surface area contributed by atoms with Gasteiger partial charge in [-0.2, -0.15) is 0 Å². The zero-order valence-corrected chi connectivity index (χ0v) is 10.6. The molecule has 2 rings (SSSR count). The Morgan fingerprint density at radius 2 is 1.71 bits per heavy atom. The van der Waals surface area contributed by atoms with Gasteiger partial charge in [0.25, 0.3) is 0 Å². The molecule has 0 heterocycles. The number of rotatable bonds is 3. The third-order valence-corrected chi connectivity index (χ3v) is 3.55. The molecule has 0 spiro atoms. The van der Waals surface area contributed by atoms with Crippen LogP contribution in [0.5, 0.6) is 0 Å². The van der Waals surface area contributed by atoms with E-state index in [4.69, 9.17) is 0 Å². The molecule has 1 N–H and O–H groups in total. The monoisotopic (exact) mass is 250 g/mol. The summed E-state index contributed by atoms with van der Waals surface area (Å²) in [6.07, 6.45) is 0. The number of thiol groups is 1. The summed E-state index contributed by atoms with van der Waals surface area (Å²) in [6.45, 7) is 0. The molecule has 17 heavy (non-hydrogen) atoms. The fourth-order valence-electron chi connectivity index (χ4n) is 1.85. The van der Waals surface area contributed by atoms with Crippen LogP contribution in [-0.2, 0) is 10.7 Å². The third-order valence-electron chi connectivity index (χ3n) is 2.77. The number of nitrogens with one attached hydrogen (secondary N) is 1. The molecule has 2 aromatic rings. The summed E-state index contributed by atoms with van der Waals surface area (Å²) in [5.74, 6) is 0. The van der Waals surface area contributed by atoms with E-state index in [0.717, 1.165) is 16.5 Å². The van der Waals surface area contributed by atoms with Gasteiger partial charge in [0.15, 0.2) is 10.7 Å². The summed E-state index contributed by atoms with van der Waals surface area (Å²) < 4.78 is 22.3. The lowest BCUT2D eigenvalue weighted by molar-refractivity contribution is 0.615. The highest BCUT2D eigenvalue weighted by molar-refractivity contribution is 7.72. The molecule has 0 amide bonds. The highest BCUT2D eigenvalue weighted by Gasteiger charge is 2.08. The van der Waals surface area contributed by atoms with Gasteiger partial charge in [-0.3, -0.25) is 0 Å². The molecule has 0 saturated carbocycles. The van der Waals surface area contributed by atoms with Crippen molar-refractivity contribution < 1.29 is 8.42 Å². The molecule has 0 radical (unpaired) electrons. The van der Waals surface area contributed by atoms with Gasteiger partial charge in [-0.05, 0) is 12.1 Å². The number of hydrogen-bond acceptors (Lipinski definition) is 4. The van der Waals surface area contributed by atoms with Gasteiger partial charge in [0.1, 0.15) is 0 Å². The predicted octanol–water partition coefficient (Wildman–Crippen LogP) is 1.38. The molecular weight excluding hydrogens is 236 g/mol. The molecule has 5 heteroatoms. The van der Waals surface area contributed by atoms with Crippen molar-refractivity contribution in [1.29, 1.82) is 0 Å². The van der Waals surface area contributed by atoms with Crippen LogP contribution in [0, 0.1) is 0 Å². The Morgan fingerprint density at radius 3 is 2.35 bits per heavy atom. The molecule has 0 fully saturated rings. The summed E-state index contributed by atoms with van der Waals surface area (Å²) in [5.41, 5.74) is 3.95. The van der Waals surface area contributed by atoms with Gasteiger partial charge < -0.3 is 5.01 Å². The van der Waals surface area contributed by atoms with E-state index in [-0.39, 0.29) is 0 Å². The lowest BCUT2D eigenvalue weighted by Crippen LogP contribution is -2.30. The topological polar surface area (TPSA) is 49.4 Å². The second-order valence-corrected chi connectivity index (χ2v) is 4.69. The van der Waals surface area contributed by atoms with Gasteiger partial charge in [0, 0.05) is 24.9 Å². The van der Waals surface area contributed by atoms with Crippen LogP contribution in [-0.4, -0.2) is 22.5 Å². The number of benzene rings is 2. The molecule has 0 aliphatic heterocycles. The summed E-state index contributed by atoms with van der Waals surface area (Å²) in [4.78, 5) is 0.365. The smallest absolute Gasteiger partial charge is 0.168 e. The highest BCUT2D eigenvalue weighted by Crippen LogP contribution is 2.28. The first kappa shape index (κ1) is 11.9. The van der Waals surface area contributed by atoms with Crippen molar-refractivity contribution in [2.45, 2.75) is 4.90 Å². The van der Waals surface area contributed by atoms with Crippen LogP contribution >= 0.6 is 0 Å². The van der Waals surface area contributed by atoms with Gasteiger partial charge in [-0.25, -0.2) is 13.8 Å². The van der Waals surface area contributed by atoms with Crippen LogP contribution in [0.3, 0.4) is 0 Å². The SMILES string of the molecule is CNN(C)c1cccc2c([SH](=O)=O)cccc12. The number of fused-ring (bicyclic) bond motifs is 1. The standard InChI is InChI=1S/C12H14N2O2S/c1-13-14(2)11-7-3-6-10-9(11)5-4-8-12(10)17(15)16/h3-8,13,17H,1-2H3. The first-order valence-electron chi connectivity index (χ1n) is 5.22. The van der Waals surface area contributed by atoms with Gasteiger partial charge in [-0.1, -0.05) is 24.3 Å². The van der Waals surface area contributed by atoms with E-state index in [9.17, 15) is 8.42 Å². The molecule has 0 saturated heterocycles. The van der Waals surface area contributed by atoms with Gasteiger partial charge in [0.05, 0.1) is 10.6 Å². The molecule has 0 aliphatic rings. The zero-order valence-electron chi connectivity index (χ0n) is 9.68. The van der Waals surface area contributed by atoms with E-state index >= 15 is 0 Å². The Labute approximate surface area is 102 Å². The van der Waals surface area contributed by atoms with Crippen molar-refractivity contribution in [2.75, 3.05) is 19.1 Å². The van der Waals surface area contributed by atoms with E-state index in [1.54, 1.807) is 12.1 Å². The Hall–Kier alpha value is -1.59. The molecular formula is C12H14N2O2S. The Balaban J connectivity index is 2.78. The van der Waals surface area contributed by atoms with Crippen LogP contribution in [0.1, 0.15) is 0 Å². The molecule has 0 atom stereocenters. The Bertz CT molecular complexity index is 615. The number of hydrogen-bond donors (Lipinski definition) is 2. The molecule has 0 aromatic heterocycles. The summed E-state index contributed by atoms with van der Waals surface area (Å²) in [6, 6.07) is 10.9. The van der Waals surface area contributed by atoms with Crippen molar-refractivity contribution in [1.82, 2.24) is 5.43 Å². The van der Waals surface area contributed by atoms with E-state index in [1.807, 2.05) is 43.4 Å². The fraction of sp³-hybridized carbons (Fsp3) is 0.167. The Morgan fingerprint density at radius 1 is 1.06 bits per heavy atom. The van der Waals surface area contributed by atoms with Crippen LogP contribution in [0.25, 0.3) is 10.8 Å². The summed E-state index contributed by atoms with van der Waals surface area (Å²) in [5, 5.41) is 3.52. The number of nitrogens with zero attached hydrogens (tertiary/aromatic N) is 1. The van der Waals surface area contributed by atoms with Crippen molar-refractivity contribution in [2.24, 2.45) is 0 Å². The van der Waals surface area contributed by atoms with Crippen molar-refractivity contribution in [3.05, 3.63) is 36.4 Å². The molecule has 4 nitrogen and oxygen atoms in total. The third kappa shape index (κ3) is 2.11. The maximum atomic E-state index is 11.2. The van der Waals surface area contributed by atoms with Crippen LogP contribution in [0.4, 0.5) is 5.69 Å². The summed E-state index contributed by atoms with van der Waals surface area (Å²) in [7, 11) is 1.13. The van der Waals surface area contributed by atoms with Crippen LogP contribution in [0.15, 0.2) is 41.3 Å². The van der Waals surface area contributed by atoms with Crippen molar-refractivity contribution >= 4 is 27.2 Å². The van der Waals surface area contributed by atoms with E-state index in [1.165, 1.54) is 0 Å². The molecule has 2 aromatic carbocycles. The van der Waals surface area contributed by atoms with Crippen LogP contribution < -0.4 is 10.4 Å². The van der Waals surface area contributed by atoms with Crippen LogP contribution in [0.2, 0.25) is 0 Å². The number of anilines is 1. The average molecular weight is 250 g/mol. The fourth-order valence-corrected chi connectivity index (χ4v) is 2.45. The molecule has 0 aliphatic carbocycles. The van der Waals surface area contributed by atoms with Crippen molar-refractivity contribution in [3.63, 3.8) is 0 Å². The molecule has 0 unspecified atom stereocenters. The minimum Gasteiger partial charge on any atom is -0.311 e. The lowest BCUT2D eigenvalue weighted by atomic mass is 10.1. The zero-order chi connectivity index (χ0) is 12.4. The van der Waals surface area contributed by atoms with Gasteiger partial charge in [-0.15, -0.1) is 0 Å². The molecule has 90 valence electrons. The predicted molar refractivity (Wildman–Crippen MR) is 70.0 cm³/mol. The first-order valence-corrected chi connectivity index (χ1v) is 6.40. The van der Waals surface area contributed by atoms with Gasteiger partial charge in [0.2, 0.25) is 0 Å². The lowest BCUT2D eigenvalue weighted by Gasteiger charge is -2.19. The maximum Gasteiger partial charge on any atom is 0.168 e. The summed E-state index contributed by atoms with van der Waals surface area (Å²) >= 11 is 0. The van der Waals surface area contributed by atoms with Crippen molar-refractivity contribution in [3.8, 4) is 0 Å². The molecule has 0 bridgehead atoms. The second kappa shape index (κ2) is 4.73. The van der Waals surface area contributed by atoms with E-state index in [2.05, 4.69) is 5.43 Å². The second-order valence-electron chi connectivity index (χ2n) is 3.69. The minimum atomic E-state index is -2.57. The average Bonchev–Trinajstić information content (AvgIpc) is 2.36. The van der Waals surface area contributed by atoms with Gasteiger partial charge >= 0.3 is 0 Å². The quantitative estimate of drug-likeness (QED) is 0.638. The normalized spacial score (nSPS) is 11.0. The Kier molecular flexibility index (Phi) is 3.31. The minimum absolute atomic E-state index is 0.365. The highest BCUT2D eigenvalue weighted by atomic mass is 32.2. The van der Waals surface area contributed by atoms with E-state index in [0.29, 0.717) is 4.90 Å². The maximum absolute atomic E-state index is 11.2.